The molecule has 1 saturated heterocycles. The summed E-state index contributed by atoms with van der Waals surface area (Å²) in [5.74, 6) is 0.0830. The molecule has 4 heteroatoms. The van der Waals surface area contributed by atoms with Crippen LogP contribution in [0.15, 0.2) is 24.5 Å². The van der Waals surface area contributed by atoms with Crippen molar-refractivity contribution in [3.63, 3.8) is 0 Å². The Kier molecular flexibility index (Phi) is 4.09. The Morgan fingerprint density at radius 3 is 3.00 bits per heavy atom. The zero-order valence-corrected chi connectivity index (χ0v) is 10.1. The highest BCUT2D eigenvalue weighted by atomic mass is 16.5. The second kappa shape index (κ2) is 5.77. The molecule has 1 aliphatic rings. The molecule has 17 heavy (non-hydrogen) atoms. The highest BCUT2D eigenvalue weighted by Gasteiger charge is 2.28. The van der Waals surface area contributed by atoms with E-state index in [1.807, 2.05) is 19.1 Å². The van der Waals surface area contributed by atoms with E-state index in [1.54, 1.807) is 12.4 Å². The average Bonchev–Trinajstić information content (AvgIpc) is 2.38. The molecule has 2 rings (SSSR count). The Hall–Kier alpha value is -1.42. The van der Waals surface area contributed by atoms with Crippen molar-refractivity contribution in [2.24, 2.45) is 5.92 Å². The van der Waals surface area contributed by atoms with E-state index in [0.717, 1.165) is 25.0 Å². The van der Waals surface area contributed by atoms with Gasteiger partial charge in [-0.15, -0.1) is 0 Å². The molecule has 1 fully saturated rings. The van der Waals surface area contributed by atoms with Gasteiger partial charge in [0.05, 0.1) is 12.0 Å². The van der Waals surface area contributed by atoms with Gasteiger partial charge in [0, 0.05) is 25.5 Å². The molecule has 0 aromatic carbocycles. The van der Waals surface area contributed by atoms with Gasteiger partial charge in [-0.1, -0.05) is 0 Å². The van der Waals surface area contributed by atoms with Crippen LogP contribution in [0.3, 0.4) is 0 Å². The summed E-state index contributed by atoms with van der Waals surface area (Å²) < 4.78 is 5.49. The van der Waals surface area contributed by atoms with Crippen molar-refractivity contribution in [3.05, 3.63) is 30.1 Å². The van der Waals surface area contributed by atoms with Crippen LogP contribution in [0.2, 0.25) is 0 Å². The summed E-state index contributed by atoms with van der Waals surface area (Å²) in [6.45, 7) is 3.30. The predicted octanol–water partition coefficient (Wildman–Crippen LogP) is 1.51. The fourth-order valence-electron chi connectivity index (χ4n) is 2.09. The first-order chi connectivity index (χ1) is 8.27. The fraction of sp³-hybridized carbons (Fsp3) is 0.538. The third-order valence-corrected chi connectivity index (χ3v) is 3.16. The van der Waals surface area contributed by atoms with Crippen LogP contribution in [0.25, 0.3) is 0 Å². The monoisotopic (exact) mass is 234 g/mol. The first-order valence-electron chi connectivity index (χ1n) is 6.05. The van der Waals surface area contributed by atoms with Crippen LogP contribution in [0, 0.1) is 5.92 Å². The summed E-state index contributed by atoms with van der Waals surface area (Å²) in [5.41, 5.74) is 1.07. The summed E-state index contributed by atoms with van der Waals surface area (Å²) in [6.07, 6.45) is 5.38. The molecule has 0 aliphatic carbocycles. The van der Waals surface area contributed by atoms with Gasteiger partial charge in [0.15, 0.2) is 0 Å². The number of rotatable bonds is 3. The molecule has 1 aromatic heterocycles. The van der Waals surface area contributed by atoms with Crippen molar-refractivity contribution in [2.45, 2.75) is 32.4 Å². The number of pyridine rings is 1. The lowest BCUT2D eigenvalue weighted by atomic mass is 9.94. The molecule has 1 N–H and O–H groups in total. The Balaban J connectivity index is 1.84. The molecule has 0 spiro atoms. The smallest absolute Gasteiger partial charge is 0.225 e. The van der Waals surface area contributed by atoms with Crippen molar-refractivity contribution in [3.8, 4) is 0 Å². The highest BCUT2D eigenvalue weighted by Crippen LogP contribution is 2.20. The molecule has 0 bridgehead atoms. The van der Waals surface area contributed by atoms with Gasteiger partial charge >= 0.3 is 0 Å². The van der Waals surface area contributed by atoms with Crippen molar-refractivity contribution in [1.29, 1.82) is 0 Å². The van der Waals surface area contributed by atoms with Gasteiger partial charge in [-0.05, 0) is 37.5 Å². The first kappa shape index (κ1) is 12.0. The van der Waals surface area contributed by atoms with Crippen LogP contribution in [0.4, 0.5) is 0 Å². The van der Waals surface area contributed by atoms with Crippen LogP contribution >= 0.6 is 0 Å². The van der Waals surface area contributed by atoms with Gasteiger partial charge in [0.1, 0.15) is 0 Å². The maximum Gasteiger partial charge on any atom is 0.225 e. The number of nitrogens with one attached hydrogen (secondary N) is 1. The van der Waals surface area contributed by atoms with Crippen molar-refractivity contribution < 1.29 is 9.53 Å². The number of hydrogen-bond donors (Lipinski definition) is 1. The second-order valence-electron chi connectivity index (χ2n) is 4.40. The van der Waals surface area contributed by atoms with Crippen molar-refractivity contribution in [1.82, 2.24) is 10.3 Å². The van der Waals surface area contributed by atoms with Gasteiger partial charge in [-0.3, -0.25) is 9.78 Å². The minimum Gasteiger partial charge on any atom is -0.378 e. The van der Waals surface area contributed by atoms with E-state index >= 15 is 0 Å². The Morgan fingerprint density at radius 2 is 2.29 bits per heavy atom. The van der Waals surface area contributed by atoms with Crippen LogP contribution < -0.4 is 5.32 Å². The Morgan fingerprint density at radius 1 is 1.53 bits per heavy atom. The molecular weight excluding hydrogens is 216 g/mol. The summed E-state index contributed by atoms with van der Waals surface area (Å²) >= 11 is 0. The minimum absolute atomic E-state index is 0.00872. The van der Waals surface area contributed by atoms with Crippen molar-refractivity contribution >= 4 is 5.91 Å². The van der Waals surface area contributed by atoms with Gasteiger partial charge in [0.25, 0.3) is 0 Å². The summed E-state index contributed by atoms with van der Waals surface area (Å²) in [5, 5.41) is 2.95. The third-order valence-electron chi connectivity index (χ3n) is 3.16. The molecule has 1 amide bonds. The minimum atomic E-state index is -0.00872. The normalized spacial score (nSPS) is 24.3. The lowest BCUT2D eigenvalue weighted by Crippen LogP contribution is -2.39. The zero-order chi connectivity index (χ0) is 12.1. The van der Waals surface area contributed by atoms with E-state index in [4.69, 9.17) is 4.74 Å². The maximum atomic E-state index is 12.0. The third kappa shape index (κ3) is 3.27. The number of hydrogen-bond acceptors (Lipinski definition) is 3. The summed E-state index contributed by atoms with van der Waals surface area (Å²) in [4.78, 5) is 15.9. The number of amides is 1. The molecule has 92 valence electrons. The standard InChI is InChI=1S/C13H18N2O2/c1-10-12(3-2-8-17-10)13(16)15-9-11-4-6-14-7-5-11/h4-7,10,12H,2-3,8-9H2,1H3,(H,15,16)/t10-,12-/m0/s1. The van der Waals surface area contributed by atoms with Crippen LogP contribution in [-0.4, -0.2) is 23.6 Å². The van der Waals surface area contributed by atoms with E-state index in [0.29, 0.717) is 6.54 Å². The van der Waals surface area contributed by atoms with Crippen LogP contribution in [-0.2, 0) is 16.1 Å². The summed E-state index contributed by atoms with van der Waals surface area (Å²) in [7, 11) is 0. The molecule has 1 aromatic rings. The SMILES string of the molecule is C[C@@H]1OCCC[C@@H]1C(=O)NCc1ccncc1. The quantitative estimate of drug-likeness (QED) is 0.862. The zero-order valence-electron chi connectivity index (χ0n) is 10.1. The largest absolute Gasteiger partial charge is 0.378 e. The lowest BCUT2D eigenvalue weighted by molar-refractivity contribution is -0.133. The van der Waals surface area contributed by atoms with E-state index in [1.165, 1.54) is 0 Å². The van der Waals surface area contributed by atoms with Gasteiger partial charge in [-0.25, -0.2) is 0 Å². The molecule has 0 radical (unpaired) electrons. The lowest BCUT2D eigenvalue weighted by Gasteiger charge is -2.28. The molecule has 0 unspecified atom stereocenters. The molecule has 0 saturated carbocycles. The Bertz CT molecular complexity index is 367. The number of carbonyl (C=O) groups is 1. The average molecular weight is 234 g/mol. The molecule has 2 atom stereocenters. The van der Waals surface area contributed by atoms with Crippen molar-refractivity contribution in [2.75, 3.05) is 6.61 Å². The Labute approximate surface area is 101 Å². The van der Waals surface area contributed by atoms with Crippen LogP contribution in [0.5, 0.6) is 0 Å². The highest BCUT2D eigenvalue weighted by molar-refractivity contribution is 5.79. The molecule has 4 nitrogen and oxygen atoms in total. The molecular formula is C13H18N2O2. The first-order valence-corrected chi connectivity index (χ1v) is 6.05. The van der Waals surface area contributed by atoms with E-state index in [-0.39, 0.29) is 17.9 Å². The van der Waals surface area contributed by atoms with Crippen LogP contribution in [0.1, 0.15) is 25.3 Å². The summed E-state index contributed by atoms with van der Waals surface area (Å²) in [6, 6.07) is 3.81. The van der Waals surface area contributed by atoms with Gasteiger partial charge < -0.3 is 10.1 Å². The number of aromatic nitrogens is 1. The number of carbonyl (C=O) groups excluding carboxylic acids is 1. The fourth-order valence-corrected chi connectivity index (χ4v) is 2.09. The topological polar surface area (TPSA) is 51.2 Å². The van der Waals surface area contributed by atoms with E-state index < -0.39 is 0 Å². The predicted molar refractivity (Wildman–Crippen MR) is 64.2 cm³/mol. The van der Waals surface area contributed by atoms with E-state index in [9.17, 15) is 4.79 Å². The van der Waals surface area contributed by atoms with E-state index in [2.05, 4.69) is 10.3 Å². The molecule has 1 aliphatic heterocycles. The van der Waals surface area contributed by atoms with Gasteiger partial charge in [-0.2, -0.15) is 0 Å². The number of ether oxygens (including phenoxy) is 1. The molecule has 2 heterocycles. The number of nitrogens with zero attached hydrogens (tertiary/aromatic N) is 1. The maximum absolute atomic E-state index is 12.0. The second-order valence-corrected chi connectivity index (χ2v) is 4.40. The van der Waals surface area contributed by atoms with Gasteiger partial charge in [0.2, 0.25) is 5.91 Å².